The zero-order valence-electron chi connectivity index (χ0n) is 19.2. The maximum Gasteiger partial charge on any atom is 0.407 e. The van der Waals surface area contributed by atoms with Gasteiger partial charge in [-0.2, -0.15) is 0 Å². The Balaban J connectivity index is 0.00000450. The van der Waals surface area contributed by atoms with Gasteiger partial charge in [-0.1, -0.05) is 31.2 Å². The standard InChI is InChI=1S/C22H37N5O2.HI/c1-7-26(6)15-18-10-8-9-17(13-18)14-24-20(23-5)27-12-11-19(16-27)25-21(28)29-22(2,3)4;/h8-10,13,19H,7,11-12,14-16H2,1-6H3,(H,23,24)(H,25,28);1H. The molecule has 7 nitrogen and oxygen atoms in total. The van der Waals surface area contributed by atoms with Gasteiger partial charge in [0.15, 0.2) is 5.96 Å². The lowest BCUT2D eigenvalue weighted by Crippen LogP contribution is -2.44. The molecule has 8 heteroatoms. The highest BCUT2D eigenvalue weighted by Gasteiger charge is 2.27. The number of nitrogens with one attached hydrogen (secondary N) is 2. The van der Waals surface area contributed by atoms with Gasteiger partial charge in [-0.25, -0.2) is 4.79 Å². The number of rotatable bonds is 6. The topological polar surface area (TPSA) is 69.2 Å². The van der Waals surface area contributed by atoms with Crippen LogP contribution in [0.4, 0.5) is 4.79 Å². The molecule has 170 valence electrons. The van der Waals surface area contributed by atoms with Crippen LogP contribution in [-0.4, -0.2) is 67.2 Å². The minimum Gasteiger partial charge on any atom is -0.444 e. The van der Waals surface area contributed by atoms with Crippen molar-refractivity contribution < 1.29 is 9.53 Å². The maximum absolute atomic E-state index is 12.0. The molecule has 2 N–H and O–H groups in total. The van der Waals surface area contributed by atoms with Crippen molar-refractivity contribution in [3.63, 3.8) is 0 Å². The summed E-state index contributed by atoms with van der Waals surface area (Å²) in [6.07, 6.45) is 0.514. The van der Waals surface area contributed by atoms with Crippen LogP contribution < -0.4 is 10.6 Å². The second-order valence-corrected chi connectivity index (χ2v) is 8.63. The summed E-state index contributed by atoms with van der Waals surface area (Å²) < 4.78 is 5.36. The predicted octanol–water partition coefficient (Wildman–Crippen LogP) is 3.43. The first-order valence-electron chi connectivity index (χ1n) is 10.4. The number of hydrogen-bond acceptors (Lipinski definition) is 4. The summed E-state index contributed by atoms with van der Waals surface area (Å²) in [4.78, 5) is 20.9. The summed E-state index contributed by atoms with van der Waals surface area (Å²) >= 11 is 0. The third-order valence-corrected chi connectivity index (χ3v) is 4.85. The van der Waals surface area contributed by atoms with E-state index in [0.717, 1.165) is 45.1 Å². The Labute approximate surface area is 198 Å². The van der Waals surface area contributed by atoms with Crippen LogP contribution in [0.3, 0.4) is 0 Å². The molecule has 1 saturated heterocycles. The van der Waals surface area contributed by atoms with Crippen molar-refractivity contribution in [1.82, 2.24) is 20.4 Å². The van der Waals surface area contributed by atoms with Gasteiger partial charge < -0.3 is 25.2 Å². The molecular formula is C22H38IN5O2. The fourth-order valence-electron chi connectivity index (χ4n) is 3.32. The molecule has 1 aromatic rings. The normalized spacial score (nSPS) is 17.0. The van der Waals surface area contributed by atoms with E-state index in [9.17, 15) is 4.79 Å². The van der Waals surface area contributed by atoms with E-state index in [1.165, 1.54) is 11.1 Å². The highest BCUT2D eigenvalue weighted by Crippen LogP contribution is 2.13. The molecule has 1 aliphatic rings. The van der Waals surface area contributed by atoms with Crippen LogP contribution in [0.25, 0.3) is 0 Å². The smallest absolute Gasteiger partial charge is 0.407 e. The number of amides is 1. The molecule has 1 amide bonds. The lowest BCUT2D eigenvalue weighted by molar-refractivity contribution is 0.0507. The molecule has 0 bridgehead atoms. The molecule has 1 aliphatic heterocycles. The van der Waals surface area contributed by atoms with Crippen LogP contribution in [0.1, 0.15) is 45.2 Å². The van der Waals surface area contributed by atoms with Crippen molar-refractivity contribution in [2.45, 2.75) is 58.8 Å². The number of carbonyl (C=O) groups is 1. The Morgan fingerprint density at radius 2 is 2.03 bits per heavy atom. The molecule has 0 aliphatic carbocycles. The minimum absolute atomic E-state index is 0. The Bertz CT molecular complexity index is 705. The molecule has 0 saturated carbocycles. The summed E-state index contributed by atoms with van der Waals surface area (Å²) in [5.74, 6) is 0.856. The van der Waals surface area contributed by atoms with Crippen LogP contribution in [-0.2, 0) is 17.8 Å². The first-order valence-corrected chi connectivity index (χ1v) is 10.4. The number of halogens is 1. The van der Waals surface area contributed by atoms with E-state index in [0.29, 0.717) is 0 Å². The van der Waals surface area contributed by atoms with E-state index >= 15 is 0 Å². The molecular weight excluding hydrogens is 493 g/mol. The number of alkyl carbamates (subject to hydrolysis) is 1. The summed E-state index contributed by atoms with van der Waals surface area (Å²) in [5.41, 5.74) is 2.06. The van der Waals surface area contributed by atoms with E-state index < -0.39 is 5.60 Å². The Hall–Kier alpha value is -1.55. The molecule has 1 unspecified atom stereocenters. The number of likely N-dealkylation sites (tertiary alicyclic amines) is 1. The fraction of sp³-hybridized carbons (Fsp3) is 0.636. The Morgan fingerprint density at radius 3 is 2.67 bits per heavy atom. The van der Waals surface area contributed by atoms with E-state index in [-0.39, 0.29) is 36.1 Å². The Morgan fingerprint density at radius 1 is 1.33 bits per heavy atom. The number of hydrogen-bond donors (Lipinski definition) is 2. The first kappa shape index (κ1) is 26.5. The zero-order valence-corrected chi connectivity index (χ0v) is 21.5. The van der Waals surface area contributed by atoms with Gasteiger partial charge in [0.05, 0.1) is 6.04 Å². The average molecular weight is 531 g/mol. The van der Waals surface area contributed by atoms with Gasteiger partial charge in [0.2, 0.25) is 0 Å². The summed E-state index contributed by atoms with van der Waals surface area (Å²) in [6.45, 7) is 12.0. The molecule has 0 radical (unpaired) electrons. The first-order chi connectivity index (χ1) is 13.7. The SMILES string of the molecule is CCN(C)Cc1cccc(CNC(=NC)N2CCC(NC(=O)OC(C)(C)C)C2)c1.I. The van der Waals surface area contributed by atoms with Crippen LogP contribution in [0.2, 0.25) is 0 Å². The largest absolute Gasteiger partial charge is 0.444 e. The van der Waals surface area contributed by atoms with Gasteiger partial charge in [0, 0.05) is 33.2 Å². The quantitative estimate of drug-likeness (QED) is 0.335. The van der Waals surface area contributed by atoms with E-state index in [1.807, 2.05) is 20.8 Å². The van der Waals surface area contributed by atoms with Crippen molar-refractivity contribution in [3.8, 4) is 0 Å². The van der Waals surface area contributed by atoms with Crippen LogP contribution in [0, 0.1) is 0 Å². The maximum atomic E-state index is 12.0. The van der Waals surface area contributed by atoms with Gasteiger partial charge in [-0.15, -0.1) is 24.0 Å². The van der Waals surface area contributed by atoms with E-state index in [4.69, 9.17) is 4.74 Å². The number of ether oxygens (including phenoxy) is 1. The number of guanidine groups is 1. The van der Waals surface area contributed by atoms with Crippen molar-refractivity contribution in [2.24, 2.45) is 4.99 Å². The van der Waals surface area contributed by atoms with Crippen molar-refractivity contribution >= 4 is 36.0 Å². The third-order valence-electron chi connectivity index (χ3n) is 4.85. The highest BCUT2D eigenvalue weighted by atomic mass is 127. The van der Waals surface area contributed by atoms with Gasteiger partial charge in [0.25, 0.3) is 0 Å². The average Bonchev–Trinajstić information content (AvgIpc) is 3.09. The van der Waals surface area contributed by atoms with Crippen LogP contribution in [0.5, 0.6) is 0 Å². The number of aliphatic imine (C=N–C) groups is 1. The van der Waals surface area contributed by atoms with Gasteiger partial charge in [0.1, 0.15) is 5.60 Å². The summed E-state index contributed by atoms with van der Waals surface area (Å²) in [7, 11) is 3.92. The molecule has 0 aromatic heterocycles. The second-order valence-electron chi connectivity index (χ2n) is 8.63. The minimum atomic E-state index is -0.486. The molecule has 0 spiro atoms. The number of benzene rings is 1. The zero-order chi connectivity index (χ0) is 21.4. The molecule has 1 atom stereocenters. The molecule has 30 heavy (non-hydrogen) atoms. The summed E-state index contributed by atoms with van der Waals surface area (Å²) in [5, 5.41) is 6.41. The van der Waals surface area contributed by atoms with Gasteiger partial charge in [-0.05, 0) is 51.9 Å². The third kappa shape index (κ3) is 9.07. The van der Waals surface area contributed by atoms with Crippen molar-refractivity contribution in [2.75, 3.05) is 33.7 Å². The van der Waals surface area contributed by atoms with Gasteiger partial charge >= 0.3 is 6.09 Å². The molecule has 2 rings (SSSR count). The fourth-order valence-corrected chi connectivity index (χ4v) is 3.32. The number of nitrogens with zero attached hydrogens (tertiary/aromatic N) is 3. The van der Waals surface area contributed by atoms with Crippen molar-refractivity contribution in [3.05, 3.63) is 35.4 Å². The van der Waals surface area contributed by atoms with Crippen LogP contribution in [0.15, 0.2) is 29.3 Å². The van der Waals surface area contributed by atoms with Crippen LogP contribution >= 0.6 is 24.0 Å². The highest BCUT2D eigenvalue weighted by molar-refractivity contribution is 14.0. The molecule has 1 fully saturated rings. The molecule has 1 heterocycles. The van der Waals surface area contributed by atoms with Crippen molar-refractivity contribution in [1.29, 1.82) is 0 Å². The molecule has 1 aromatic carbocycles. The van der Waals surface area contributed by atoms with Gasteiger partial charge in [-0.3, -0.25) is 4.99 Å². The summed E-state index contributed by atoms with van der Waals surface area (Å²) in [6, 6.07) is 8.71. The lowest BCUT2D eigenvalue weighted by Gasteiger charge is -2.23. The lowest BCUT2D eigenvalue weighted by atomic mass is 10.1. The predicted molar refractivity (Wildman–Crippen MR) is 133 cm³/mol. The monoisotopic (exact) mass is 531 g/mol. The van der Waals surface area contributed by atoms with E-state index in [1.54, 1.807) is 7.05 Å². The Kier molecular flexibility index (Phi) is 10.9. The number of carbonyl (C=O) groups excluding carboxylic acids is 1. The second kappa shape index (κ2) is 12.3. The van der Waals surface area contributed by atoms with E-state index in [2.05, 4.69) is 63.7 Å².